The first-order valence-corrected chi connectivity index (χ1v) is 7.47. The molecule has 0 aromatic carbocycles. The van der Waals surface area contributed by atoms with Crippen molar-refractivity contribution in [3.63, 3.8) is 0 Å². The largest absolute Gasteiger partial charge is 0.377 e. The van der Waals surface area contributed by atoms with Gasteiger partial charge in [-0.15, -0.1) is 0 Å². The molecule has 3 atom stereocenters. The summed E-state index contributed by atoms with van der Waals surface area (Å²) in [5, 5.41) is 0. The molecule has 0 saturated carbocycles. The van der Waals surface area contributed by atoms with Gasteiger partial charge in [0.1, 0.15) is 0 Å². The average molecular weight is 285 g/mol. The number of likely N-dealkylation sites (tertiary alicyclic amines) is 2. The minimum absolute atomic E-state index is 0.0657. The molecule has 0 aromatic heterocycles. The third-order valence-electron chi connectivity index (χ3n) is 4.51. The summed E-state index contributed by atoms with van der Waals surface area (Å²) in [5.74, 6) is 0.229. The zero-order chi connectivity index (χ0) is 14.5. The van der Waals surface area contributed by atoms with Crippen molar-refractivity contribution >= 4 is 5.91 Å². The van der Waals surface area contributed by atoms with Gasteiger partial charge in [-0.25, -0.2) is 0 Å². The second-order valence-corrected chi connectivity index (χ2v) is 5.68. The van der Waals surface area contributed by atoms with Gasteiger partial charge < -0.3 is 20.1 Å². The van der Waals surface area contributed by atoms with Gasteiger partial charge in [0.15, 0.2) is 0 Å². The highest BCUT2D eigenvalue weighted by atomic mass is 16.5. The summed E-state index contributed by atoms with van der Waals surface area (Å²) >= 11 is 0. The van der Waals surface area contributed by atoms with Crippen LogP contribution in [0.15, 0.2) is 0 Å². The number of amides is 1. The molecule has 2 heterocycles. The highest BCUT2D eigenvalue weighted by Gasteiger charge is 2.37. The minimum atomic E-state index is 0.0657. The van der Waals surface area contributed by atoms with Crippen LogP contribution in [0.25, 0.3) is 0 Å². The zero-order valence-corrected chi connectivity index (χ0v) is 12.6. The predicted octanol–water partition coefficient (Wildman–Crippen LogP) is -0.328. The zero-order valence-electron chi connectivity index (χ0n) is 12.6. The fraction of sp³-hybridized carbons (Fsp3) is 0.929. The highest BCUT2D eigenvalue weighted by molar-refractivity contribution is 5.77. The number of carbonyl (C=O) groups is 1. The molecule has 0 aliphatic carbocycles. The summed E-state index contributed by atoms with van der Waals surface area (Å²) in [5.41, 5.74) is 5.88. The Bertz CT molecular complexity index is 309. The molecular formula is C14H27N3O3. The monoisotopic (exact) mass is 285 g/mol. The van der Waals surface area contributed by atoms with Crippen LogP contribution in [-0.4, -0.2) is 80.9 Å². The summed E-state index contributed by atoms with van der Waals surface area (Å²) in [6, 6.07) is 0.0842. The van der Waals surface area contributed by atoms with Gasteiger partial charge in [0, 0.05) is 59.4 Å². The first-order chi connectivity index (χ1) is 9.69. The van der Waals surface area contributed by atoms with Crippen LogP contribution >= 0.6 is 0 Å². The third kappa shape index (κ3) is 3.49. The van der Waals surface area contributed by atoms with E-state index in [1.54, 1.807) is 14.2 Å². The van der Waals surface area contributed by atoms with E-state index < -0.39 is 0 Å². The lowest BCUT2D eigenvalue weighted by atomic mass is 10.1. The maximum atomic E-state index is 12.3. The lowest BCUT2D eigenvalue weighted by molar-refractivity contribution is -0.131. The Kier molecular flexibility index (Phi) is 5.77. The molecule has 2 saturated heterocycles. The fourth-order valence-corrected chi connectivity index (χ4v) is 3.18. The number of ether oxygens (including phenoxy) is 2. The second-order valence-electron chi connectivity index (χ2n) is 5.68. The van der Waals surface area contributed by atoms with E-state index in [0.29, 0.717) is 13.0 Å². The molecule has 2 rings (SSSR count). The smallest absolute Gasteiger partial charge is 0.224 e. The Morgan fingerprint density at radius 2 is 1.75 bits per heavy atom. The fourth-order valence-electron chi connectivity index (χ4n) is 3.18. The first kappa shape index (κ1) is 15.7. The van der Waals surface area contributed by atoms with E-state index >= 15 is 0 Å². The molecule has 0 radical (unpaired) electrons. The van der Waals surface area contributed by atoms with Gasteiger partial charge in [0.05, 0.1) is 12.2 Å². The Morgan fingerprint density at radius 3 is 2.20 bits per heavy atom. The van der Waals surface area contributed by atoms with Gasteiger partial charge in [0.2, 0.25) is 5.91 Å². The Hall–Kier alpha value is -0.690. The van der Waals surface area contributed by atoms with Crippen molar-refractivity contribution in [2.75, 3.05) is 46.9 Å². The average Bonchev–Trinajstić information content (AvgIpc) is 3.12. The SMILES string of the molecule is COC1CN(C(CN)CC(=O)N2CCCC2)CC1OC. The molecule has 20 heavy (non-hydrogen) atoms. The van der Waals surface area contributed by atoms with E-state index in [4.69, 9.17) is 15.2 Å². The van der Waals surface area contributed by atoms with Crippen LogP contribution < -0.4 is 5.73 Å². The molecule has 2 aliphatic rings. The van der Waals surface area contributed by atoms with Crippen LogP contribution in [0.3, 0.4) is 0 Å². The minimum Gasteiger partial charge on any atom is -0.377 e. The molecule has 116 valence electrons. The Morgan fingerprint density at radius 1 is 1.20 bits per heavy atom. The van der Waals surface area contributed by atoms with Crippen LogP contribution in [-0.2, 0) is 14.3 Å². The number of nitrogens with two attached hydrogens (primary N) is 1. The maximum absolute atomic E-state index is 12.3. The van der Waals surface area contributed by atoms with E-state index in [1.165, 1.54) is 0 Å². The first-order valence-electron chi connectivity index (χ1n) is 7.47. The molecule has 2 aliphatic heterocycles. The Balaban J connectivity index is 1.89. The van der Waals surface area contributed by atoms with Crippen molar-refractivity contribution in [1.82, 2.24) is 9.80 Å². The van der Waals surface area contributed by atoms with Gasteiger partial charge in [-0.2, -0.15) is 0 Å². The molecule has 3 unspecified atom stereocenters. The van der Waals surface area contributed by atoms with Crippen LogP contribution in [0.1, 0.15) is 19.3 Å². The molecule has 0 aromatic rings. The third-order valence-corrected chi connectivity index (χ3v) is 4.51. The van der Waals surface area contributed by atoms with Gasteiger partial charge in [-0.05, 0) is 12.8 Å². The van der Waals surface area contributed by atoms with E-state index in [0.717, 1.165) is 39.0 Å². The number of carbonyl (C=O) groups excluding carboxylic acids is 1. The summed E-state index contributed by atoms with van der Waals surface area (Å²) in [4.78, 5) is 16.4. The predicted molar refractivity (Wildman–Crippen MR) is 76.4 cm³/mol. The van der Waals surface area contributed by atoms with Gasteiger partial charge in [-0.1, -0.05) is 0 Å². The lowest BCUT2D eigenvalue weighted by Gasteiger charge is -2.27. The number of nitrogens with zero attached hydrogens (tertiary/aromatic N) is 2. The standard InChI is InChI=1S/C14H27N3O3/c1-19-12-9-17(10-13(12)20-2)11(8-15)7-14(18)16-5-3-4-6-16/h11-13H,3-10,15H2,1-2H3. The van der Waals surface area contributed by atoms with Gasteiger partial charge in [0.25, 0.3) is 0 Å². The normalized spacial score (nSPS) is 29.1. The van der Waals surface area contributed by atoms with E-state index in [9.17, 15) is 4.79 Å². The lowest BCUT2D eigenvalue weighted by Crippen LogP contribution is -2.44. The van der Waals surface area contributed by atoms with Crippen LogP contribution in [0, 0.1) is 0 Å². The quantitative estimate of drug-likeness (QED) is 0.724. The molecule has 1 amide bonds. The molecule has 6 heteroatoms. The second kappa shape index (κ2) is 7.36. The van der Waals surface area contributed by atoms with Crippen LogP contribution in [0.5, 0.6) is 0 Å². The van der Waals surface area contributed by atoms with Crippen molar-refractivity contribution in [3.8, 4) is 0 Å². The summed E-state index contributed by atoms with van der Waals surface area (Å²) < 4.78 is 10.9. The molecule has 0 spiro atoms. The van der Waals surface area contributed by atoms with Crippen molar-refractivity contribution in [2.45, 2.75) is 37.5 Å². The molecule has 2 fully saturated rings. The van der Waals surface area contributed by atoms with Gasteiger partial charge in [-0.3, -0.25) is 9.69 Å². The molecular weight excluding hydrogens is 258 g/mol. The highest BCUT2D eigenvalue weighted by Crippen LogP contribution is 2.20. The van der Waals surface area contributed by atoms with Crippen molar-refractivity contribution < 1.29 is 14.3 Å². The summed E-state index contributed by atoms with van der Waals surface area (Å²) in [6.07, 6.45) is 2.89. The van der Waals surface area contributed by atoms with Gasteiger partial charge >= 0.3 is 0 Å². The van der Waals surface area contributed by atoms with E-state index in [1.807, 2.05) is 4.90 Å². The number of methoxy groups -OCH3 is 2. The summed E-state index contributed by atoms with van der Waals surface area (Å²) in [7, 11) is 3.40. The van der Waals surface area contributed by atoms with Crippen LogP contribution in [0.2, 0.25) is 0 Å². The number of rotatable bonds is 6. The van der Waals surface area contributed by atoms with Crippen LogP contribution in [0.4, 0.5) is 0 Å². The molecule has 2 N–H and O–H groups in total. The molecule has 6 nitrogen and oxygen atoms in total. The molecule has 0 bridgehead atoms. The number of hydrogen-bond acceptors (Lipinski definition) is 5. The van der Waals surface area contributed by atoms with Crippen molar-refractivity contribution in [3.05, 3.63) is 0 Å². The topological polar surface area (TPSA) is 68.0 Å². The maximum Gasteiger partial charge on any atom is 0.224 e. The van der Waals surface area contributed by atoms with Crippen molar-refractivity contribution in [1.29, 1.82) is 0 Å². The number of hydrogen-bond donors (Lipinski definition) is 1. The van der Waals surface area contributed by atoms with E-state index in [2.05, 4.69) is 4.90 Å². The van der Waals surface area contributed by atoms with E-state index in [-0.39, 0.29) is 24.2 Å². The van der Waals surface area contributed by atoms with Crippen molar-refractivity contribution in [2.24, 2.45) is 5.73 Å². The Labute approximate surface area is 121 Å². The summed E-state index contributed by atoms with van der Waals surface area (Å²) in [6.45, 7) is 3.86.